The van der Waals surface area contributed by atoms with Crippen LogP contribution in [0.5, 0.6) is 0 Å². The van der Waals surface area contributed by atoms with Crippen molar-refractivity contribution in [3.63, 3.8) is 0 Å². The lowest BCUT2D eigenvalue weighted by Crippen LogP contribution is -2.10. The number of rotatable bonds is 3. The molecule has 0 aliphatic rings. The third kappa shape index (κ3) is 2.09. The summed E-state index contributed by atoms with van der Waals surface area (Å²) in [5, 5.41) is 13.3. The van der Waals surface area contributed by atoms with Gasteiger partial charge in [0.15, 0.2) is 5.76 Å². The highest BCUT2D eigenvalue weighted by Gasteiger charge is 2.13. The van der Waals surface area contributed by atoms with Gasteiger partial charge in [0.05, 0.1) is 0 Å². The minimum atomic E-state index is -0.217. The Morgan fingerprint density at radius 1 is 1.42 bits per heavy atom. The molecule has 6 nitrogen and oxygen atoms in total. The summed E-state index contributed by atoms with van der Waals surface area (Å²) < 4.78 is 6.77. The van der Waals surface area contributed by atoms with Crippen molar-refractivity contribution in [3.05, 3.63) is 48.2 Å². The minimum absolute atomic E-state index is 0.00545. The molecule has 2 heterocycles. The van der Waals surface area contributed by atoms with Crippen LogP contribution in [0.3, 0.4) is 0 Å². The molecule has 0 N–H and O–H groups in total. The number of Topliss-reactive ketones (excluding diaryl/α,β-unsaturated/α-hetero) is 1. The fourth-order valence-corrected chi connectivity index (χ4v) is 1.77. The summed E-state index contributed by atoms with van der Waals surface area (Å²) in [5.74, 6) is 0.0956. The molecule has 0 aliphatic carbocycles. The highest BCUT2D eigenvalue weighted by atomic mass is 16.3. The van der Waals surface area contributed by atoms with Crippen LogP contribution in [-0.2, 0) is 6.54 Å². The maximum absolute atomic E-state index is 12.0. The predicted molar refractivity (Wildman–Crippen MR) is 65.3 cm³/mol. The smallest absolute Gasteiger partial charge is 0.252 e. The first-order valence-electron chi connectivity index (χ1n) is 5.57. The number of nitriles is 1. The lowest BCUT2D eigenvalue weighted by molar-refractivity contribution is 0.0942. The van der Waals surface area contributed by atoms with E-state index < -0.39 is 0 Å². The molecule has 3 rings (SSSR count). The number of ketones is 1. The molecule has 2 aromatic heterocycles. The van der Waals surface area contributed by atoms with Gasteiger partial charge in [-0.2, -0.15) is 5.26 Å². The zero-order valence-electron chi connectivity index (χ0n) is 9.78. The molecule has 6 heteroatoms. The van der Waals surface area contributed by atoms with E-state index in [9.17, 15) is 4.79 Å². The van der Waals surface area contributed by atoms with Crippen LogP contribution in [0.4, 0.5) is 0 Å². The van der Waals surface area contributed by atoms with Gasteiger partial charge in [-0.25, -0.2) is 9.67 Å². The molecule has 1 aromatic carbocycles. The van der Waals surface area contributed by atoms with E-state index in [0.717, 1.165) is 5.39 Å². The van der Waals surface area contributed by atoms with Crippen LogP contribution in [0.15, 0.2) is 41.1 Å². The molecule has 0 spiro atoms. The van der Waals surface area contributed by atoms with Crippen molar-refractivity contribution >= 4 is 16.8 Å². The molecule has 0 bridgehead atoms. The van der Waals surface area contributed by atoms with E-state index in [1.165, 1.54) is 11.0 Å². The molecule has 0 fully saturated rings. The number of para-hydroxylation sites is 1. The predicted octanol–water partition coefficient (Wildman–Crippen LogP) is 1.78. The third-order valence-electron chi connectivity index (χ3n) is 2.64. The molecule has 3 aromatic rings. The molecule has 0 radical (unpaired) electrons. The second-order valence-corrected chi connectivity index (χ2v) is 3.95. The normalized spacial score (nSPS) is 10.5. The lowest BCUT2D eigenvalue weighted by Gasteiger charge is -1.96. The average Bonchev–Trinajstić information content (AvgIpc) is 3.04. The third-order valence-corrected chi connectivity index (χ3v) is 2.64. The molecule has 0 saturated heterocycles. The van der Waals surface area contributed by atoms with Crippen molar-refractivity contribution in [1.82, 2.24) is 14.8 Å². The SMILES string of the molecule is N#Cc1ncn(CC(=O)c2cc3ccccc3o2)n1. The van der Waals surface area contributed by atoms with E-state index in [4.69, 9.17) is 9.68 Å². The molecule has 0 saturated carbocycles. The van der Waals surface area contributed by atoms with Gasteiger partial charge in [-0.05, 0) is 12.1 Å². The number of hydrogen-bond acceptors (Lipinski definition) is 5. The minimum Gasteiger partial charge on any atom is -0.453 e. The van der Waals surface area contributed by atoms with E-state index in [0.29, 0.717) is 5.58 Å². The fraction of sp³-hybridized carbons (Fsp3) is 0.0769. The van der Waals surface area contributed by atoms with Gasteiger partial charge in [0.25, 0.3) is 5.82 Å². The molecule has 92 valence electrons. The first-order chi connectivity index (χ1) is 9.26. The van der Waals surface area contributed by atoms with Crippen molar-refractivity contribution in [1.29, 1.82) is 5.26 Å². The number of carbonyl (C=O) groups excluding carboxylic acids is 1. The van der Waals surface area contributed by atoms with Gasteiger partial charge in [0.1, 0.15) is 24.5 Å². The van der Waals surface area contributed by atoms with Gasteiger partial charge < -0.3 is 4.42 Å². The Morgan fingerprint density at radius 2 is 2.26 bits per heavy atom. The van der Waals surface area contributed by atoms with Crippen LogP contribution in [0.25, 0.3) is 11.0 Å². The van der Waals surface area contributed by atoms with Crippen LogP contribution in [0.2, 0.25) is 0 Å². The molecule has 19 heavy (non-hydrogen) atoms. The van der Waals surface area contributed by atoms with Gasteiger partial charge in [-0.15, -0.1) is 5.10 Å². The molecule has 0 aliphatic heterocycles. The fourth-order valence-electron chi connectivity index (χ4n) is 1.77. The Balaban J connectivity index is 1.85. The zero-order valence-corrected chi connectivity index (χ0v) is 9.78. The Kier molecular flexibility index (Phi) is 2.58. The lowest BCUT2D eigenvalue weighted by atomic mass is 10.2. The number of benzene rings is 1. The van der Waals surface area contributed by atoms with E-state index >= 15 is 0 Å². The quantitative estimate of drug-likeness (QED) is 0.663. The van der Waals surface area contributed by atoms with Crippen molar-refractivity contribution in [2.24, 2.45) is 0 Å². The summed E-state index contributed by atoms with van der Waals surface area (Å²) in [6, 6.07) is 10.9. The highest BCUT2D eigenvalue weighted by Crippen LogP contribution is 2.19. The van der Waals surface area contributed by atoms with Crippen molar-refractivity contribution in [2.45, 2.75) is 6.54 Å². The number of furan rings is 1. The van der Waals surface area contributed by atoms with Crippen molar-refractivity contribution < 1.29 is 9.21 Å². The van der Waals surface area contributed by atoms with E-state index in [2.05, 4.69) is 10.1 Å². The van der Waals surface area contributed by atoms with Gasteiger partial charge >= 0.3 is 0 Å². The number of fused-ring (bicyclic) bond motifs is 1. The first kappa shape index (κ1) is 11.2. The van der Waals surface area contributed by atoms with Crippen LogP contribution in [0.1, 0.15) is 16.4 Å². The summed E-state index contributed by atoms with van der Waals surface area (Å²) in [6.45, 7) is -0.00545. The maximum atomic E-state index is 12.0. The zero-order chi connectivity index (χ0) is 13.2. The second-order valence-electron chi connectivity index (χ2n) is 3.95. The van der Waals surface area contributed by atoms with Crippen LogP contribution >= 0.6 is 0 Å². The molecule has 0 amide bonds. The number of hydrogen-bond donors (Lipinski definition) is 0. The number of nitrogens with zero attached hydrogens (tertiary/aromatic N) is 4. The average molecular weight is 252 g/mol. The van der Waals surface area contributed by atoms with Gasteiger partial charge in [-0.3, -0.25) is 4.79 Å². The van der Waals surface area contributed by atoms with E-state index in [1.54, 1.807) is 18.2 Å². The topological polar surface area (TPSA) is 84.7 Å². The number of carbonyl (C=O) groups is 1. The van der Waals surface area contributed by atoms with Crippen molar-refractivity contribution in [2.75, 3.05) is 0 Å². The van der Waals surface area contributed by atoms with E-state index in [1.807, 2.05) is 18.2 Å². The summed E-state index contributed by atoms with van der Waals surface area (Å²) in [6.07, 6.45) is 1.35. The van der Waals surface area contributed by atoms with Crippen LogP contribution < -0.4 is 0 Å². The summed E-state index contributed by atoms with van der Waals surface area (Å²) in [7, 11) is 0. The second kappa shape index (κ2) is 4.38. The Hall–Kier alpha value is -2.94. The van der Waals surface area contributed by atoms with Crippen molar-refractivity contribution in [3.8, 4) is 6.07 Å². The number of aromatic nitrogens is 3. The highest BCUT2D eigenvalue weighted by molar-refractivity contribution is 5.97. The Labute approximate surface area is 107 Å². The standard InChI is InChI=1S/C13H8N4O2/c14-6-13-15-8-17(16-13)7-10(18)12-5-9-3-1-2-4-11(9)19-12/h1-5,8H,7H2. The largest absolute Gasteiger partial charge is 0.453 e. The van der Waals surface area contributed by atoms with Crippen LogP contribution in [-0.4, -0.2) is 20.5 Å². The summed E-state index contributed by atoms with van der Waals surface area (Å²) in [5.41, 5.74) is 0.669. The monoisotopic (exact) mass is 252 g/mol. The summed E-state index contributed by atoms with van der Waals surface area (Å²) in [4.78, 5) is 15.7. The van der Waals surface area contributed by atoms with E-state index in [-0.39, 0.29) is 23.9 Å². The maximum Gasteiger partial charge on any atom is 0.252 e. The first-order valence-corrected chi connectivity index (χ1v) is 5.57. The van der Waals surface area contributed by atoms with Crippen LogP contribution in [0, 0.1) is 11.3 Å². The summed E-state index contributed by atoms with van der Waals surface area (Å²) >= 11 is 0. The Morgan fingerprint density at radius 3 is 3.00 bits per heavy atom. The van der Waals surface area contributed by atoms with Gasteiger partial charge in [0.2, 0.25) is 5.78 Å². The molecular formula is C13H8N4O2. The molecular weight excluding hydrogens is 244 g/mol. The van der Waals surface area contributed by atoms with Gasteiger partial charge in [0, 0.05) is 5.39 Å². The Bertz CT molecular complexity index is 761. The molecule has 0 unspecified atom stereocenters. The molecule has 0 atom stereocenters. The van der Waals surface area contributed by atoms with Gasteiger partial charge in [-0.1, -0.05) is 18.2 Å².